The van der Waals surface area contributed by atoms with Crippen molar-refractivity contribution in [2.75, 3.05) is 0 Å². The Bertz CT molecular complexity index is 4280. The van der Waals surface area contributed by atoms with Crippen LogP contribution in [0, 0.1) is 6.33 Å². The van der Waals surface area contributed by atoms with Crippen LogP contribution in [-0.2, 0) is 5.41 Å². The van der Waals surface area contributed by atoms with Crippen LogP contribution < -0.4 is 9.30 Å². The normalized spacial score (nSPS) is 12.2. The fraction of sp³-hybridized carbons (Fsp3) is 0.0625. The molecule has 6 heteroatoms. The van der Waals surface area contributed by atoms with Crippen LogP contribution in [0.25, 0.3) is 116 Å². The van der Waals surface area contributed by atoms with E-state index in [9.17, 15) is 0 Å². The molecule has 0 bridgehead atoms. The molecule has 0 unspecified atom stereocenters. The lowest BCUT2D eigenvalue weighted by atomic mass is 9.88. The molecule has 70 heavy (non-hydrogen) atoms. The van der Waals surface area contributed by atoms with E-state index >= 15 is 0 Å². The minimum atomic E-state index is -0.0264. The molecule has 0 saturated carbocycles. The highest BCUT2D eigenvalue weighted by atomic mass is 16.5. The highest BCUT2D eigenvalue weighted by Crippen LogP contribution is 2.46. The Morgan fingerprint density at radius 2 is 1.11 bits per heavy atom. The van der Waals surface area contributed by atoms with Crippen LogP contribution in [0.15, 0.2) is 217 Å². The van der Waals surface area contributed by atoms with E-state index in [1.54, 1.807) is 0 Å². The molecule has 0 radical (unpaired) electrons. The summed E-state index contributed by atoms with van der Waals surface area (Å²) >= 11 is 0. The number of para-hydroxylation sites is 4. The van der Waals surface area contributed by atoms with Gasteiger partial charge >= 0.3 is 0 Å². The van der Waals surface area contributed by atoms with Crippen LogP contribution in [0.1, 0.15) is 26.3 Å². The van der Waals surface area contributed by atoms with Crippen LogP contribution in [0.2, 0.25) is 0 Å². The van der Waals surface area contributed by atoms with Gasteiger partial charge in [0.1, 0.15) is 28.5 Å². The van der Waals surface area contributed by atoms with Gasteiger partial charge in [0.25, 0.3) is 6.33 Å². The van der Waals surface area contributed by atoms with Gasteiger partial charge in [-0.05, 0) is 122 Å². The van der Waals surface area contributed by atoms with Crippen molar-refractivity contribution in [3.63, 3.8) is 0 Å². The number of ether oxygens (including phenoxy) is 1. The van der Waals surface area contributed by atoms with E-state index in [0.717, 1.165) is 106 Å². The summed E-state index contributed by atoms with van der Waals surface area (Å²) in [5.41, 5.74) is 18.2. The lowest BCUT2D eigenvalue weighted by Gasteiger charge is -2.20. The van der Waals surface area contributed by atoms with Crippen molar-refractivity contribution < 1.29 is 13.7 Å². The number of nitrogens with zero attached hydrogens (tertiary/aromatic N) is 4. The summed E-state index contributed by atoms with van der Waals surface area (Å²) in [5, 5.41) is 4.50. The van der Waals surface area contributed by atoms with Crippen molar-refractivity contribution in [2.24, 2.45) is 0 Å². The summed E-state index contributed by atoms with van der Waals surface area (Å²) in [7, 11) is 0. The molecule has 4 aromatic heterocycles. The first-order chi connectivity index (χ1) is 34.3. The molecule has 0 spiro atoms. The zero-order valence-corrected chi connectivity index (χ0v) is 38.8. The number of hydrogen-bond donors (Lipinski definition) is 0. The molecule has 5 heterocycles. The number of hydrogen-bond acceptors (Lipinski definition) is 3. The molecule has 0 aliphatic carbocycles. The SMILES string of the molecule is CC(C)(C)c1ccnc(-n2c3ccccc3c3ccc(Oc4cccc(-n5[c-][n+]6c7c(cccc75)-c5ccccc5-c5ccccc5-c5cccc(-c7ccc8oc9ccccc9c8c7)c5-6)c4)cc32)c1. The first kappa shape index (κ1) is 40.1. The first-order valence-electron chi connectivity index (χ1n) is 23.9. The molecule has 0 fully saturated rings. The molecular formula is C64H44N4O2. The number of furan rings is 1. The Balaban J connectivity index is 0.957. The standard InChI is InChI=1S/C64H44N4O2/c1-64(2,3)41-33-34-65-61(36-41)68-56-26-10-8-21-50(56)51-31-30-44(38-58(51)68)69-43-16-12-15-42(37-43)66-39-67-62-45(40-29-32-60-55(35-40)52-22-9-11-28-59(52)70-60)23-13-24-53(62)48-19-6-4-17-46(48)47-18-5-7-20-49(47)54-25-14-27-57(66)63(54)67/h4-38H,1-3H3. The minimum Gasteiger partial charge on any atom is -0.458 e. The van der Waals surface area contributed by atoms with E-state index in [-0.39, 0.29) is 5.41 Å². The maximum atomic E-state index is 6.85. The summed E-state index contributed by atoms with van der Waals surface area (Å²) in [4.78, 5) is 4.91. The monoisotopic (exact) mass is 900 g/mol. The highest BCUT2D eigenvalue weighted by molar-refractivity contribution is 6.10. The number of fused-ring (bicyclic) bond motifs is 13. The fourth-order valence-electron chi connectivity index (χ4n) is 10.9. The van der Waals surface area contributed by atoms with Crippen LogP contribution in [0.4, 0.5) is 0 Å². The molecule has 13 aromatic rings. The van der Waals surface area contributed by atoms with Crippen molar-refractivity contribution in [1.82, 2.24) is 14.1 Å². The molecule has 332 valence electrons. The summed E-state index contributed by atoms with van der Waals surface area (Å²) in [6.45, 7) is 6.71. The van der Waals surface area contributed by atoms with Gasteiger partial charge in [-0.15, -0.1) is 0 Å². The third kappa shape index (κ3) is 6.19. The maximum Gasteiger partial charge on any atom is 0.269 e. The third-order valence-electron chi connectivity index (χ3n) is 14.1. The van der Waals surface area contributed by atoms with Gasteiger partial charge in [0.2, 0.25) is 0 Å². The van der Waals surface area contributed by atoms with Gasteiger partial charge in [0.15, 0.2) is 0 Å². The Morgan fingerprint density at radius 1 is 0.486 bits per heavy atom. The molecule has 9 aromatic carbocycles. The Kier molecular flexibility index (Phi) is 8.74. The van der Waals surface area contributed by atoms with Crippen molar-refractivity contribution in [3.05, 3.63) is 224 Å². The number of aromatic nitrogens is 4. The molecule has 0 N–H and O–H groups in total. The average Bonchev–Trinajstić information content (AvgIpc) is 4.08. The van der Waals surface area contributed by atoms with Gasteiger partial charge in [-0.1, -0.05) is 154 Å². The average molecular weight is 901 g/mol. The van der Waals surface area contributed by atoms with E-state index in [4.69, 9.17) is 14.1 Å². The van der Waals surface area contributed by atoms with E-state index in [2.05, 4.69) is 229 Å². The van der Waals surface area contributed by atoms with Gasteiger partial charge in [0, 0.05) is 33.8 Å². The second-order valence-corrected chi connectivity index (χ2v) is 19.3. The van der Waals surface area contributed by atoms with Gasteiger partial charge in [-0.3, -0.25) is 13.7 Å². The summed E-state index contributed by atoms with van der Waals surface area (Å²) in [6.07, 6.45) is 5.87. The maximum absolute atomic E-state index is 6.85. The molecule has 1 aliphatic heterocycles. The van der Waals surface area contributed by atoms with Crippen molar-refractivity contribution in [3.8, 4) is 73.2 Å². The molecule has 0 saturated heterocycles. The van der Waals surface area contributed by atoms with Crippen molar-refractivity contribution >= 4 is 54.8 Å². The lowest BCUT2D eigenvalue weighted by molar-refractivity contribution is -0.570. The van der Waals surface area contributed by atoms with Gasteiger partial charge < -0.3 is 9.15 Å². The van der Waals surface area contributed by atoms with E-state index in [1.165, 1.54) is 22.1 Å². The quantitative estimate of drug-likeness (QED) is 0.128. The second kappa shape index (κ2) is 15.3. The van der Waals surface area contributed by atoms with Crippen LogP contribution in [-0.4, -0.2) is 14.1 Å². The molecular weight excluding hydrogens is 857 g/mol. The van der Waals surface area contributed by atoms with Gasteiger partial charge in [0.05, 0.1) is 33.4 Å². The summed E-state index contributed by atoms with van der Waals surface area (Å²) in [5.74, 6) is 2.33. The molecule has 14 rings (SSSR count). The number of rotatable bonds is 5. The minimum absolute atomic E-state index is 0.0264. The van der Waals surface area contributed by atoms with Gasteiger partial charge in [-0.25, -0.2) is 4.98 Å². The second-order valence-electron chi connectivity index (χ2n) is 19.3. The van der Waals surface area contributed by atoms with Gasteiger partial charge in [-0.2, -0.15) is 0 Å². The van der Waals surface area contributed by atoms with E-state index in [0.29, 0.717) is 5.75 Å². The number of pyridine rings is 1. The smallest absolute Gasteiger partial charge is 0.269 e. The van der Waals surface area contributed by atoms with E-state index in [1.807, 2.05) is 24.4 Å². The Hall–Kier alpha value is -9.00. The van der Waals surface area contributed by atoms with Crippen LogP contribution in [0.5, 0.6) is 11.5 Å². The Labute approximate surface area is 404 Å². The van der Waals surface area contributed by atoms with E-state index < -0.39 is 0 Å². The zero-order valence-electron chi connectivity index (χ0n) is 38.8. The molecule has 0 amide bonds. The fourth-order valence-corrected chi connectivity index (χ4v) is 10.9. The predicted octanol–water partition coefficient (Wildman–Crippen LogP) is 16.2. The third-order valence-corrected chi connectivity index (χ3v) is 14.1. The first-order valence-corrected chi connectivity index (χ1v) is 23.9. The lowest BCUT2D eigenvalue weighted by Crippen LogP contribution is -2.32. The van der Waals surface area contributed by atoms with Crippen molar-refractivity contribution in [1.29, 1.82) is 0 Å². The zero-order chi connectivity index (χ0) is 46.7. The predicted molar refractivity (Wildman–Crippen MR) is 284 cm³/mol. The van der Waals surface area contributed by atoms with Crippen molar-refractivity contribution in [2.45, 2.75) is 26.2 Å². The Morgan fingerprint density at radius 3 is 1.94 bits per heavy atom. The highest BCUT2D eigenvalue weighted by Gasteiger charge is 2.27. The largest absolute Gasteiger partial charge is 0.458 e. The van der Waals surface area contributed by atoms with Crippen LogP contribution >= 0.6 is 0 Å². The van der Waals surface area contributed by atoms with Crippen LogP contribution in [0.3, 0.4) is 0 Å². The molecule has 0 atom stereocenters. The molecule has 6 nitrogen and oxygen atoms in total. The molecule has 1 aliphatic rings. The topological polar surface area (TPSA) is 49.0 Å². The summed E-state index contributed by atoms with van der Waals surface area (Å²) in [6, 6.07) is 73.3. The summed E-state index contributed by atoms with van der Waals surface area (Å²) < 4.78 is 19.9. The number of benzene rings is 9. The number of imidazole rings is 1.